The predicted octanol–water partition coefficient (Wildman–Crippen LogP) is 5.82. The van der Waals surface area contributed by atoms with Crippen LogP contribution in [-0.4, -0.2) is 51.4 Å². The third-order valence-electron chi connectivity index (χ3n) is 7.03. The number of methoxy groups -OCH3 is 1. The second-order valence-electron chi connectivity index (χ2n) is 10.2. The largest absolute Gasteiger partial charge is 0.497 e. The van der Waals surface area contributed by atoms with Crippen LogP contribution in [0.2, 0.25) is 0 Å². The van der Waals surface area contributed by atoms with Crippen molar-refractivity contribution in [3.63, 3.8) is 0 Å². The van der Waals surface area contributed by atoms with Gasteiger partial charge in [0.1, 0.15) is 18.3 Å². The Morgan fingerprint density at radius 3 is 2.11 bits per heavy atom. The summed E-state index contributed by atoms with van der Waals surface area (Å²) in [6.45, 7) is 1.97. The number of amides is 2. The van der Waals surface area contributed by atoms with Gasteiger partial charge in [-0.25, -0.2) is 8.42 Å². The van der Waals surface area contributed by atoms with Crippen molar-refractivity contribution in [2.75, 3.05) is 24.5 Å². The number of halogens is 1. The summed E-state index contributed by atoms with van der Waals surface area (Å²) in [4.78, 5) is 29.7. The lowest BCUT2D eigenvalue weighted by Gasteiger charge is -2.34. The minimum Gasteiger partial charge on any atom is -0.497 e. The summed E-state index contributed by atoms with van der Waals surface area (Å²) in [5, 5.41) is 2.95. The Morgan fingerprint density at radius 1 is 0.864 bits per heavy atom. The van der Waals surface area contributed by atoms with Crippen molar-refractivity contribution in [2.24, 2.45) is 0 Å². The van der Waals surface area contributed by atoms with Gasteiger partial charge in [-0.15, -0.1) is 0 Å². The molecule has 0 saturated heterocycles. The molecule has 0 spiro atoms. The van der Waals surface area contributed by atoms with Gasteiger partial charge in [-0.1, -0.05) is 83.5 Å². The standard InChI is InChI=1S/C34H36BrN3O5S/c1-3-21-36-34(40)32(23-26-11-6-4-7-12-26)37(24-27-13-10-14-28(35)22-27)33(39)25-38(29-17-19-30(43-2)20-18-29)44(41,42)31-15-8-5-9-16-31/h4-20,22,32H,3,21,23-25H2,1-2H3,(H,36,40). The summed E-state index contributed by atoms with van der Waals surface area (Å²) in [5.41, 5.74) is 1.96. The summed E-state index contributed by atoms with van der Waals surface area (Å²) in [5.74, 6) is -0.280. The van der Waals surface area contributed by atoms with E-state index in [1.54, 1.807) is 42.5 Å². The lowest BCUT2D eigenvalue weighted by molar-refractivity contribution is -0.140. The molecule has 10 heteroatoms. The van der Waals surface area contributed by atoms with Crippen molar-refractivity contribution in [3.05, 3.63) is 125 Å². The van der Waals surface area contributed by atoms with Gasteiger partial charge in [-0.05, 0) is 66.1 Å². The Balaban J connectivity index is 1.79. The number of rotatable bonds is 14. The van der Waals surface area contributed by atoms with E-state index < -0.39 is 28.5 Å². The minimum atomic E-state index is -4.16. The number of sulfonamides is 1. The van der Waals surface area contributed by atoms with Crippen LogP contribution in [-0.2, 0) is 32.6 Å². The number of anilines is 1. The molecule has 2 amide bonds. The van der Waals surface area contributed by atoms with Crippen LogP contribution in [0.1, 0.15) is 24.5 Å². The highest BCUT2D eigenvalue weighted by Crippen LogP contribution is 2.27. The van der Waals surface area contributed by atoms with Crippen LogP contribution < -0.4 is 14.4 Å². The molecule has 0 saturated carbocycles. The highest BCUT2D eigenvalue weighted by molar-refractivity contribution is 9.10. The van der Waals surface area contributed by atoms with Crippen LogP contribution in [0.4, 0.5) is 5.69 Å². The van der Waals surface area contributed by atoms with Gasteiger partial charge < -0.3 is 15.0 Å². The molecule has 1 atom stereocenters. The minimum absolute atomic E-state index is 0.0451. The monoisotopic (exact) mass is 677 g/mol. The molecule has 0 aliphatic rings. The van der Waals surface area contributed by atoms with Gasteiger partial charge in [-0.2, -0.15) is 0 Å². The number of carbonyl (C=O) groups excluding carboxylic acids is 2. The lowest BCUT2D eigenvalue weighted by Crippen LogP contribution is -2.53. The van der Waals surface area contributed by atoms with Gasteiger partial charge in [-0.3, -0.25) is 13.9 Å². The van der Waals surface area contributed by atoms with E-state index in [4.69, 9.17) is 4.74 Å². The SMILES string of the molecule is CCCNC(=O)C(Cc1ccccc1)N(Cc1cccc(Br)c1)C(=O)CN(c1ccc(OC)cc1)S(=O)(=O)c1ccccc1. The molecular formula is C34H36BrN3O5S. The third kappa shape index (κ3) is 8.48. The van der Waals surface area contributed by atoms with Crippen molar-refractivity contribution >= 4 is 43.5 Å². The van der Waals surface area contributed by atoms with Gasteiger partial charge in [0.15, 0.2) is 0 Å². The molecule has 0 aromatic heterocycles. The molecule has 230 valence electrons. The fourth-order valence-electron chi connectivity index (χ4n) is 4.75. The Hall–Kier alpha value is -4.15. The van der Waals surface area contributed by atoms with E-state index >= 15 is 0 Å². The normalized spacial score (nSPS) is 11.8. The topological polar surface area (TPSA) is 96.0 Å². The Kier molecular flexibility index (Phi) is 11.6. The Morgan fingerprint density at radius 2 is 1.50 bits per heavy atom. The predicted molar refractivity (Wildman–Crippen MR) is 176 cm³/mol. The molecule has 1 N–H and O–H groups in total. The number of hydrogen-bond acceptors (Lipinski definition) is 5. The molecule has 4 aromatic rings. The molecule has 0 aliphatic heterocycles. The molecule has 0 aliphatic carbocycles. The van der Waals surface area contributed by atoms with E-state index in [2.05, 4.69) is 21.2 Å². The van der Waals surface area contributed by atoms with Crippen LogP contribution in [0.25, 0.3) is 0 Å². The number of ether oxygens (including phenoxy) is 1. The fraction of sp³-hybridized carbons (Fsp3) is 0.235. The van der Waals surface area contributed by atoms with Crippen LogP contribution in [0.15, 0.2) is 119 Å². The first-order valence-electron chi connectivity index (χ1n) is 14.3. The Labute approximate surface area is 267 Å². The molecule has 0 radical (unpaired) electrons. The van der Waals surface area contributed by atoms with Crippen LogP contribution in [0, 0.1) is 0 Å². The van der Waals surface area contributed by atoms with Crippen LogP contribution in [0.3, 0.4) is 0 Å². The lowest BCUT2D eigenvalue weighted by atomic mass is 10.0. The molecule has 0 heterocycles. The summed E-state index contributed by atoms with van der Waals surface area (Å²) in [6, 6.07) is 30.5. The van der Waals surface area contributed by atoms with Gasteiger partial charge in [0.05, 0.1) is 17.7 Å². The molecular weight excluding hydrogens is 642 g/mol. The van der Waals surface area contributed by atoms with Crippen molar-refractivity contribution in [1.29, 1.82) is 0 Å². The molecule has 8 nitrogen and oxygen atoms in total. The zero-order chi connectivity index (χ0) is 31.5. The summed E-state index contributed by atoms with van der Waals surface area (Å²) >= 11 is 3.50. The first-order valence-corrected chi connectivity index (χ1v) is 16.5. The van der Waals surface area contributed by atoms with Gasteiger partial charge in [0.2, 0.25) is 11.8 Å². The number of carbonyl (C=O) groups is 2. The van der Waals surface area contributed by atoms with Crippen LogP contribution >= 0.6 is 15.9 Å². The van der Waals surface area contributed by atoms with Crippen molar-refractivity contribution in [2.45, 2.75) is 37.2 Å². The summed E-state index contributed by atoms with van der Waals surface area (Å²) in [6.07, 6.45) is 0.980. The van der Waals surface area contributed by atoms with Gasteiger partial charge >= 0.3 is 0 Å². The van der Waals surface area contributed by atoms with Crippen molar-refractivity contribution in [1.82, 2.24) is 10.2 Å². The quantitative estimate of drug-likeness (QED) is 0.182. The van der Waals surface area contributed by atoms with Gasteiger partial charge in [0.25, 0.3) is 10.0 Å². The number of benzene rings is 4. The first kappa shape index (κ1) is 32.8. The molecule has 4 rings (SSSR count). The summed E-state index contributed by atoms with van der Waals surface area (Å²) < 4.78 is 35.2. The summed E-state index contributed by atoms with van der Waals surface area (Å²) in [7, 11) is -2.64. The highest BCUT2D eigenvalue weighted by atomic mass is 79.9. The van der Waals surface area contributed by atoms with E-state index in [0.717, 1.165) is 26.3 Å². The number of nitrogens with one attached hydrogen (secondary N) is 1. The highest BCUT2D eigenvalue weighted by Gasteiger charge is 2.34. The molecule has 0 bridgehead atoms. The first-order chi connectivity index (χ1) is 21.2. The maximum Gasteiger partial charge on any atom is 0.264 e. The van der Waals surface area contributed by atoms with Gasteiger partial charge in [0, 0.05) is 24.0 Å². The average molecular weight is 679 g/mol. The second kappa shape index (κ2) is 15.5. The average Bonchev–Trinajstić information content (AvgIpc) is 3.05. The zero-order valence-corrected chi connectivity index (χ0v) is 27.1. The molecule has 4 aromatic carbocycles. The van der Waals surface area contributed by atoms with Crippen molar-refractivity contribution < 1.29 is 22.7 Å². The van der Waals surface area contributed by atoms with Crippen molar-refractivity contribution in [3.8, 4) is 5.75 Å². The van der Waals surface area contributed by atoms with E-state index in [1.807, 2.05) is 61.5 Å². The smallest absolute Gasteiger partial charge is 0.264 e. The van der Waals surface area contributed by atoms with E-state index in [0.29, 0.717) is 18.0 Å². The number of nitrogens with zero attached hydrogens (tertiary/aromatic N) is 2. The molecule has 0 fully saturated rings. The van der Waals surface area contributed by atoms with Crippen LogP contribution in [0.5, 0.6) is 5.75 Å². The van der Waals surface area contributed by atoms with E-state index in [9.17, 15) is 18.0 Å². The van der Waals surface area contributed by atoms with E-state index in [-0.39, 0.29) is 23.8 Å². The molecule has 1 unspecified atom stereocenters. The fourth-order valence-corrected chi connectivity index (χ4v) is 6.63. The second-order valence-corrected chi connectivity index (χ2v) is 12.9. The zero-order valence-electron chi connectivity index (χ0n) is 24.7. The maximum atomic E-state index is 14.4. The maximum absolute atomic E-state index is 14.4. The third-order valence-corrected chi connectivity index (χ3v) is 9.31. The molecule has 44 heavy (non-hydrogen) atoms. The Bertz CT molecular complexity index is 1630. The number of hydrogen-bond donors (Lipinski definition) is 1. The van der Waals surface area contributed by atoms with E-state index in [1.165, 1.54) is 24.1 Å².